The summed E-state index contributed by atoms with van der Waals surface area (Å²) in [4.78, 5) is 32.3. The Morgan fingerprint density at radius 3 is 2.79 bits per heavy atom. The Morgan fingerprint density at radius 1 is 1.14 bits per heavy atom. The summed E-state index contributed by atoms with van der Waals surface area (Å²) < 4.78 is 29.3. The summed E-state index contributed by atoms with van der Waals surface area (Å²) >= 11 is 0. The number of nitrogens with zero attached hydrogens (tertiary/aromatic N) is 3. The highest BCUT2D eigenvalue weighted by molar-refractivity contribution is 5.63. The zero-order valence-electron chi connectivity index (χ0n) is 14.3. The summed E-state index contributed by atoms with van der Waals surface area (Å²) in [6, 6.07) is 5.88. The molecule has 2 N–H and O–H groups in total. The number of benzene rings is 1. The van der Waals surface area contributed by atoms with Crippen molar-refractivity contribution in [1.82, 2.24) is 24.6 Å². The first-order valence-electron chi connectivity index (χ1n) is 8.63. The Labute approximate surface area is 155 Å². The Morgan fingerprint density at radius 2 is 1.96 bits per heavy atom. The summed E-state index contributed by atoms with van der Waals surface area (Å²) in [6.07, 6.45) is 5.15. The van der Waals surface area contributed by atoms with E-state index in [0.29, 0.717) is 23.3 Å². The lowest BCUT2D eigenvalue weighted by atomic mass is 10.0. The number of fused-ring (bicyclic) bond motifs is 1. The minimum absolute atomic E-state index is 0.0789. The third kappa shape index (κ3) is 2.55. The van der Waals surface area contributed by atoms with Crippen LogP contribution in [0, 0.1) is 11.6 Å². The zero-order chi connectivity index (χ0) is 19.4. The Bertz CT molecular complexity index is 1340. The first kappa shape index (κ1) is 16.5. The van der Waals surface area contributed by atoms with Gasteiger partial charge in [0.2, 0.25) is 0 Å². The van der Waals surface area contributed by atoms with E-state index >= 15 is 0 Å². The fraction of sp³-hybridized carbons (Fsp3) is 0.158. The van der Waals surface area contributed by atoms with Gasteiger partial charge >= 0.3 is 5.69 Å². The van der Waals surface area contributed by atoms with Gasteiger partial charge in [0.05, 0.1) is 11.3 Å². The van der Waals surface area contributed by atoms with Gasteiger partial charge < -0.3 is 4.98 Å². The molecule has 140 valence electrons. The molecule has 1 saturated carbocycles. The van der Waals surface area contributed by atoms with Crippen molar-refractivity contribution in [2.75, 3.05) is 0 Å². The Hall–Kier alpha value is -3.62. The monoisotopic (exact) mass is 381 g/mol. The van der Waals surface area contributed by atoms with Crippen LogP contribution >= 0.6 is 0 Å². The molecule has 0 spiro atoms. The molecule has 1 aliphatic carbocycles. The largest absolute Gasteiger partial charge is 0.325 e. The van der Waals surface area contributed by atoms with E-state index in [4.69, 9.17) is 0 Å². The maximum atomic E-state index is 14.2. The fourth-order valence-corrected chi connectivity index (χ4v) is 3.63. The molecule has 1 fully saturated rings. The third-order valence-corrected chi connectivity index (χ3v) is 5.05. The third-order valence-electron chi connectivity index (χ3n) is 5.05. The van der Waals surface area contributed by atoms with Crippen LogP contribution in [0.1, 0.15) is 29.4 Å². The van der Waals surface area contributed by atoms with Gasteiger partial charge in [0.25, 0.3) is 5.56 Å². The van der Waals surface area contributed by atoms with Gasteiger partial charge in [-0.05, 0) is 36.0 Å². The van der Waals surface area contributed by atoms with Gasteiger partial charge in [-0.1, -0.05) is 12.1 Å². The van der Waals surface area contributed by atoms with E-state index in [-0.39, 0.29) is 17.4 Å². The van der Waals surface area contributed by atoms with Gasteiger partial charge in [-0.2, -0.15) is 5.10 Å². The highest BCUT2D eigenvalue weighted by Gasteiger charge is 2.43. The van der Waals surface area contributed by atoms with E-state index in [2.05, 4.69) is 20.1 Å². The summed E-state index contributed by atoms with van der Waals surface area (Å²) in [5.41, 5.74) is 1.08. The SMILES string of the molecule is O=c1[nH]cc(-c2cc([C@H]3C[C@@H]3c3cccc(F)c3F)c3nccn3n2)c(=O)[nH]1. The molecular formula is C19H13F2N5O2. The van der Waals surface area contributed by atoms with E-state index in [1.54, 1.807) is 24.5 Å². The molecule has 7 nitrogen and oxygen atoms in total. The fourth-order valence-electron chi connectivity index (χ4n) is 3.63. The van der Waals surface area contributed by atoms with Crippen LogP contribution in [0.15, 0.2) is 52.4 Å². The molecule has 3 heterocycles. The van der Waals surface area contributed by atoms with Crippen LogP contribution in [-0.2, 0) is 0 Å². The number of rotatable bonds is 3. The van der Waals surface area contributed by atoms with Crippen LogP contribution in [0.4, 0.5) is 8.78 Å². The van der Waals surface area contributed by atoms with Crippen LogP contribution < -0.4 is 11.2 Å². The molecule has 1 aliphatic rings. The Kier molecular flexibility index (Phi) is 3.51. The smallest absolute Gasteiger partial charge is 0.313 e. The molecule has 3 aromatic heterocycles. The minimum Gasteiger partial charge on any atom is -0.313 e. The molecule has 0 radical (unpaired) electrons. The molecule has 2 atom stereocenters. The molecule has 28 heavy (non-hydrogen) atoms. The van der Waals surface area contributed by atoms with Crippen molar-refractivity contribution in [3.05, 3.63) is 86.5 Å². The number of aromatic amines is 2. The summed E-state index contributed by atoms with van der Waals surface area (Å²) in [6.45, 7) is 0. The van der Waals surface area contributed by atoms with Gasteiger partial charge in [0.1, 0.15) is 0 Å². The molecule has 5 rings (SSSR count). The highest BCUT2D eigenvalue weighted by atomic mass is 19.2. The number of hydrogen-bond acceptors (Lipinski definition) is 4. The molecule has 0 unspecified atom stereocenters. The molecule has 9 heteroatoms. The molecule has 4 aromatic rings. The second-order valence-corrected chi connectivity index (χ2v) is 6.76. The van der Waals surface area contributed by atoms with Crippen LogP contribution in [-0.4, -0.2) is 24.6 Å². The van der Waals surface area contributed by atoms with E-state index in [1.165, 1.54) is 16.8 Å². The van der Waals surface area contributed by atoms with E-state index in [9.17, 15) is 18.4 Å². The van der Waals surface area contributed by atoms with Crippen molar-refractivity contribution < 1.29 is 8.78 Å². The topological polar surface area (TPSA) is 95.9 Å². The molecule has 0 saturated heterocycles. The number of nitrogens with one attached hydrogen (secondary N) is 2. The normalized spacial score (nSPS) is 18.5. The van der Waals surface area contributed by atoms with Gasteiger partial charge in [0.15, 0.2) is 17.3 Å². The van der Waals surface area contributed by atoms with Crippen molar-refractivity contribution in [2.24, 2.45) is 0 Å². The van der Waals surface area contributed by atoms with Gasteiger partial charge in [-0.15, -0.1) is 0 Å². The summed E-state index contributed by atoms with van der Waals surface area (Å²) in [5, 5.41) is 4.37. The lowest BCUT2D eigenvalue weighted by molar-refractivity contribution is 0.498. The van der Waals surface area contributed by atoms with Crippen LogP contribution in [0.25, 0.3) is 16.9 Å². The molecule has 0 aliphatic heterocycles. The Balaban J connectivity index is 1.62. The van der Waals surface area contributed by atoms with Crippen LogP contribution in [0.2, 0.25) is 0 Å². The van der Waals surface area contributed by atoms with Gasteiger partial charge in [0, 0.05) is 24.2 Å². The van der Waals surface area contributed by atoms with Crippen LogP contribution in [0.3, 0.4) is 0 Å². The number of H-pyrrole nitrogens is 2. The molecule has 0 bridgehead atoms. The number of aromatic nitrogens is 5. The number of imidazole rings is 1. The van der Waals surface area contributed by atoms with E-state index < -0.39 is 22.9 Å². The van der Waals surface area contributed by atoms with Crippen LogP contribution in [0.5, 0.6) is 0 Å². The summed E-state index contributed by atoms with van der Waals surface area (Å²) in [7, 11) is 0. The minimum atomic E-state index is -0.871. The number of hydrogen-bond donors (Lipinski definition) is 2. The zero-order valence-corrected chi connectivity index (χ0v) is 14.3. The molecule has 1 aromatic carbocycles. The standard InChI is InChI=1S/C19H13F2N5O2/c20-14-3-1-2-9(16(14)21)10-6-11(10)12-7-15(25-26-5-4-22-17(12)26)13-8-23-19(28)24-18(13)27/h1-5,7-8,10-11H,6H2,(H2,23,24,27,28)/t10-,11+/m1/s1. The van der Waals surface area contributed by atoms with E-state index in [1.807, 2.05) is 0 Å². The van der Waals surface area contributed by atoms with Crippen molar-refractivity contribution >= 4 is 5.65 Å². The molecular weight excluding hydrogens is 368 g/mol. The lowest BCUT2D eigenvalue weighted by Gasteiger charge is -2.08. The predicted octanol–water partition coefficient (Wildman–Crippen LogP) is 2.32. The maximum Gasteiger partial charge on any atom is 0.325 e. The average Bonchev–Trinajstić information content (AvgIpc) is 3.31. The highest BCUT2D eigenvalue weighted by Crippen LogP contribution is 2.56. The second kappa shape index (κ2) is 5.95. The van der Waals surface area contributed by atoms with Gasteiger partial charge in [-0.3, -0.25) is 9.78 Å². The maximum absolute atomic E-state index is 14.2. The van der Waals surface area contributed by atoms with Crippen molar-refractivity contribution in [3.8, 4) is 11.3 Å². The molecule has 0 amide bonds. The summed E-state index contributed by atoms with van der Waals surface area (Å²) in [5.74, 6) is -1.96. The van der Waals surface area contributed by atoms with E-state index in [0.717, 1.165) is 11.6 Å². The van der Waals surface area contributed by atoms with Crippen molar-refractivity contribution in [1.29, 1.82) is 0 Å². The predicted molar refractivity (Wildman–Crippen MR) is 96.1 cm³/mol. The first-order valence-corrected chi connectivity index (χ1v) is 8.63. The van der Waals surface area contributed by atoms with Gasteiger partial charge in [-0.25, -0.2) is 23.1 Å². The second-order valence-electron chi connectivity index (χ2n) is 6.76. The average molecular weight is 381 g/mol. The quantitative estimate of drug-likeness (QED) is 0.569. The lowest BCUT2D eigenvalue weighted by Crippen LogP contribution is -2.23. The van der Waals surface area contributed by atoms with Crippen molar-refractivity contribution in [3.63, 3.8) is 0 Å². The first-order chi connectivity index (χ1) is 13.5. The number of halogens is 2. The van der Waals surface area contributed by atoms with Crippen molar-refractivity contribution in [2.45, 2.75) is 18.3 Å².